The molecule has 0 aliphatic heterocycles. The summed E-state index contributed by atoms with van der Waals surface area (Å²) < 4.78 is 10.4. The highest BCUT2D eigenvalue weighted by atomic mass is 16.5. The summed E-state index contributed by atoms with van der Waals surface area (Å²) >= 11 is 0. The minimum Gasteiger partial charge on any atom is -0.484 e. The lowest BCUT2D eigenvalue weighted by Gasteiger charge is -2.02. The summed E-state index contributed by atoms with van der Waals surface area (Å²) in [6.07, 6.45) is 3.21. The molecule has 0 radical (unpaired) electrons. The number of aromatic carboxylic acids is 1. The van der Waals surface area contributed by atoms with Crippen molar-refractivity contribution >= 4 is 5.97 Å². The Morgan fingerprint density at radius 1 is 1.44 bits per heavy atom. The second-order valence-electron chi connectivity index (χ2n) is 3.05. The van der Waals surface area contributed by atoms with Gasteiger partial charge in [0.15, 0.2) is 0 Å². The number of nitrogens with zero attached hydrogens (tertiary/aromatic N) is 1. The Balaban J connectivity index is 1.97. The lowest BCUT2D eigenvalue weighted by atomic mass is 10.4. The first-order chi connectivity index (χ1) is 7.75. The van der Waals surface area contributed by atoms with Crippen molar-refractivity contribution in [1.82, 2.24) is 4.98 Å². The van der Waals surface area contributed by atoms with E-state index in [1.165, 1.54) is 6.07 Å². The minimum atomic E-state index is -1.09. The van der Waals surface area contributed by atoms with Gasteiger partial charge in [-0.15, -0.1) is 0 Å². The molecule has 0 saturated carbocycles. The van der Waals surface area contributed by atoms with E-state index in [0.29, 0.717) is 11.5 Å². The predicted molar refractivity (Wildman–Crippen MR) is 54.2 cm³/mol. The molecule has 82 valence electrons. The number of furan rings is 1. The fourth-order valence-corrected chi connectivity index (χ4v) is 1.16. The zero-order valence-electron chi connectivity index (χ0n) is 8.29. The molecule has 0 atom stereocenters. The summed E-state index contributed by atoms with van der Waals surface area (Å²) in [4.78, 5) is 14.4. The van der Waals surface area contributed by atoms with Gasteiger partial charge in [-0.3, -0.25) is 4.98 Å². The van der Waals surface area contributed by atoms with Crippen molar-refractivity contribution in [3.05, 3.63) is 48.2 Å². The minimum absolute atomic E-state index is 0.0928. The smallest absolute Gasteiger partial charge is 0.371 e. The van der Waals surface area contributed by atoms with Crippen molar-refractivity contribution in [1.29, 1.82) is 0 Å². The van der Waals surface area contributed by atoms with E-state index >= 15 is 0 Å². The zero-order valence-corrected chi connectivity index (χ0v) is 8.29. The van der Waals surface area contributed by atoms with Gasteiger partial charge in [-0.25, -0.2) is 4.79 Å². The molecule has 0 saturated heterocycles. The fourth-order valence-electron chi connectivity index (χ4n) is 1.16. The van der Waals surface area contributed by atoms with Gasteiger partial charge < -0.3 is 14.3 Å². The maximum absolute atomic E-state index is 10.5. The first-order valence-electron chi connectivity index (χ1n) is 4.60. The van der Waals surface area contributed by atoms with Gasteiger partial charge in [-0.2, -0.15) is 0 Å². The van der Waals surface area contributed by atoms with E-state index in [-0.39, 0.29) is 12.4 Å². The first kappa shape index (κ1) is 10.2. The molecule has 16 heavy (non-hydrogen) atoms. The fraction of sp³-hybridized carbons (Fsp3) is 0.0909. The summed E-state index contributed by atoms with van der Waals surface area (Å²) in [7, 11) is 0. The van der Waals surface area contributed by atoms with Crippen LogP contribution in [0.15, 0.2) is 41.1 Å². The summed E-state index contributed by atoms with van der Waals surface area (Å²) in [5, 5.41) is 8.64. The third kappa shape index (κ3) is 2.38. The van der Waals surface area contributed by atoms with Gasteiger partial charge in [0, 0.05) is 6.20 Å². The largest absolute Gasteiger partial charge is 0.484 e. The normalized spacial score (nSPS) is 10.0. The Kier molecular flexibility index (Phi) is 2.86. The lowest BCUT2D eigenvalue weighted by molar-refractivity contribution is 0.0658. The summed E-state index contributed by atoms with van der Waals surface area (Å²) in [5.74, 6) is -0.116. The van der Waals surface area contributed by atoms with Crippen LogP contribution in [0.5, 0.6) is 5.75 Å². The Morgan fingerprint density at radius 3 is 2.94 bits per heavy atom. The van der Waals surface area contributed by atoms with E-state index in [0.717, 1.165) is 0 Å². The average Bonchev–Trinajstić information content (AvgIpc) is 2.76. The molecule has 0 aromatic carbocycles. The number of hydrogen-bond donors (Lipinski definition) is 1. The van der Waals surface area contributed by atoms with E-state index in [4.69, 9.17) is 14.3 Å². The van der Waals surface area contributed by atoms with E-state index in [1.807, 2.05) is 0 Å². The van der Waals surface area contributed by atoms with Crippen molar-refractivity contribution in [3.8, 4) is 5.75 Å². The monoisotopic (exact) mass is 219 g/mol. The molecule has 2 aromatic heterocycles. The van der Waals surface area contributed by atoms with Crippen molar-refractivity contribution < 1.29 is 19.1 Å². The highest BCUT2D eigenvalue weighted by Crippen LogP contribution is 2.12. The quantitative estimate of drug-likeness (QED) is 0.850. The van der Waals surface area contributed by atoms with Crippen LogP contribution >= 0.6 is 0 Å². The summed E-state index contributed by atoms with van der Waals surface area (Å²) in [5.41, 5.74) is 0. The van der Waals surface area contributed by atoms with Gasteiger partial charge >= 0.3 is 5.97 Å². The summed E-state index contributed by atoms with van der Waals surface area (Å²) in [6.45, 7) is 0.180. The Bertz CT molecular complexity index is 478. The molecule has 0 aliphatic rings. The van der Waals surface area contributed by atoms with Crippen LogP contribution in [0.4, 0.5) is 0 Å². The van der Waals surface area contributed by atoms with E-state index in [9.17, 15) is 4.79 Å². The maximum Gasteiger partial charge on any atom is 0.371 e. The molecule has 0 bridgehead atoms. The van der Waals surface area contributed by atoms with Gasteiger partial charge in [0.2, 0.25) is 5.76 Å². The Morgan fingerprint density at radius 2 is 2.31 bits per heavy atom. The molecule has 0 aliphatic carbocycles. The standard InChI is InChI=1S/C11H9NO4/c13-11(14)10-4-3-9(16-10)7-15-8-2-1-5-12-6-8/h1-6H,7H2,(H,13,14). The second-order valence-corrected chi connectivity index (χ2v) is 3.05. The maximum atomic E-state index is 10.5. The van der Waals surface area contributed by atoms with Crippen LogP contribution in [0.1, 0.15) is 16.3 Å². The van der Waals surface area contributed by atoms with Crippen LogP contribution in [0.3, 0.4) is 0 Å². The van der Waals surface area contributed by atoms with Crippen LogP contribution in [-0.2, 0) is 6.61 Å². The third-order valence-electron chi connectivity index (χ3n) is 1.89. The Hall–Kier alpha value is -2.30. The molecule has 5 heteroatoms. The molecular formula is C11H9NO4. The van der Waals surface area contributed by atoms with Gasteiger partial charge in [0.25, 0.3) is 0 Å². The molecule has 0 unspecified atom stereocenters. The van der Waals surface area contributed by atoms with Crippen LogP contribution in [-0.4, -0.2) is 16.1 Å². The number of carbonyl (C=O) groups is 1. The SMILES string of the molecule is O=C(O)c1ccc(COc2cccnc2)o1. The van der Waals surface area contributed by atoms with E-state index in [1.54, 1.807) is 30.6 Å². The van der Waals surface area contributed by atoms with Crippen molar-refractivity contribution in [2.45, 2.75) is 6.61 Å². The highest BCUT2D eigenvalue weighted by Gasteiger charge is 2.08. The molecule has 1 N–H and O–H groups in total. The number of carboxylic acid groups (broad SMARTS) is 1. The first-order valence-corrected chi connectivity index (χ1v) is 4.60. The van der Waals surface area contributed by atoms with Crippen LogP contribution in [0.25, 0.3) is 0 Å². The number of hydrogen-bond acceptors (Lipinski definition) is 4. The van der Waals surface area contributed by atoms with Crippen molar-refractivity contribution in [2.75, 3.05) is 0 Å². The van der Waals surface area contributed by atoms with Crippen LogP contribution in [0, 0.1) is 0 Å². The molecular weight excluding hydrogens is 210 g/mol. The molecule has 2 heterocycles. The molecule has 0 amide bonds. The molecule has 0 spiro atoms. The molecule has 0 fully saturated rings. The zero-order chi connectivity index (χ0) is 11.4. The van der Waals surface area contributed by atoms with Gasteiger partial charge in [-0.1, -0.05) is 0 Å². The molecule has 2 aromatic rings. The van der Waals surface area contributed by atoms with E-state index in [2.05, 4.69) is 4.98 Å². The van der Waals surface area contributed by atoms with Crippen molar-refractivity contribution in [3.63, 3.8) is 0 Å². The number of pyridine rings is 1. The van der Waals surface area contributed by atoms with Crippen LogP contribution < -0.4 is 4.74 Å². The number of rotatable bonds is 4. The number of ether oxygens (including phenoxy) is 1. The number of aromatic nitrogens is 1. The molecule has 2 rings (SSSR count). The number of carboxylic acids is 1. The highest BCUT2D eigenvalue weighted by molar-refractivity contribution is 5.84. The van der Waals surface area contributed by atoms with Gasteiger partial charge in [-0.05, 0) is 24.3 Å². The average molecular weight is 219 g/mol. The Labute approximate surface area is 91.3 Å². The predicted octanol–water partition coefficient (Wildman–Crippen LogP) is 1.95. The van der Waals surface area contributed by atoms with Crippen LogP contribution in [0.2, 0.25) is 0 Å². The summed E-state index contributed by atoms with van der Waals surface area (Å²) in [6, 6.07) is 6.47. The van der Waals surface area contributed by atoms with Crippen molar-refractivity contribution in [2.24, 2.45) is 0 Å². The third-order valence-corrected chi connectivity index (χ3v) is 1.89. The topological polar surface area (TPSA) is 72.6 Å². The lowest BCUT2D eigenvalue weighted by Crippen LogP contribution is -1.95. The molecule has 5 nitrogen and oxygen atoms in total. The van der Waals surface area contributed by atoms with E-state index < -0.39 is 5.97 Å². The van der Waals surface area contributed by atoms with Gasteiger partial charge in [0.1, 0.15) is 18.1 Å². The van der Waals surface area contributed by atoms with Gasteiger partial charge in [0.05, 0.1) is 6.20 Å². The second kappa shape index (κ2) is 4.48.